The third kappa shape index (κ3) is 11.7. The van der Waals surface area contributed by atoms with Gasteiger partial charge in [-0.15, -0.1) is 11.3 Å². The number of rotatable bonds is 16. The number of aliphatic hydroxyl groups is 1. The van der Waals surface area contributed by atoms with Crippen LogP contribution in [0.25, 0.3) is 16.0 Å². The van der Waals surface area contributed by atoms with Gasteiger partial charge in [-0.05, 0) is 105 Å². The van der Waals surface area contributed by atoms with E-state index >= 15 is 4.39 Å². The second-order valence-electron chi connectivity index (χ2n) is 19.6. The molecule has 72 heavy (non-hydrogen) atoms. The summed E-state index contributed by atoms with van der Waals surface area (Å²) in [5.41, 5.74) is 1.20. The Morgan fingerprint density at radius 3 is 2.42 bits per heavy atom. The van der Waals surface area contributed by atoms with Gasteiger partial charge in [-0.3, -0.25) is 34.0 Å². The number of amides is 4. The van der Waals surface area contributed by atoms with Crippen LogP contribution in [0.4, 0.5) is 28.9 Å². The standard InChI is InChI=1S/C51H57F4N9O6S2/c1-30-43(72-29-59-30)33-11-9-31(10-12-33)25-58-45(67)39-23-36(65)27-62(39)46(68)44(49(2,3)4)60-40(66)28-70-22-8-7-19-61-20-17-32(18-21-61)37-15-14-35(26-57-37)64-48(71)63(47(69)50(64,5)6)38-16-13-34(24-56)41(42(38)52)51(53,54)55/h9-17,26,29,36,39,44,65H,7-8,18-23,25,27-28H2,1-6H3,(H,58,67)(H,60,66)/t36-,39+,44-/m1/s1. The van der Waals surface area contributed by atoms with Crippen molar-refractivity contribution in [3.63, 3.8) is 0 Å². The van der Waals surface area contributed by atoms with Crippen molar-refractivity contribution >= 4 is 69.2 Å². The maximum atomic E-state index is 15.4. The smallest absolute Gasteiger partial charge is 0.391 e. The Morgan fingerprint density at radius 2 is 1.81 bits per heavy atom. The lowest BCUT2D eigenvalue weighted by atomic mass is 9.85. The monoisotopic (exact) mass is 1030 g/mol. The first-order valence-corrected chi connectivity index (χ1v) is 24.8. The number of ether oxygens (including phenoxy) is 1. The number of carbonyl (C=O) groups is 4. The number of nitrogens with zero attached hydrogens (tertiary/aromatic N) is 7. The van der Waals surface area contributed by atoms with Crippen LogP contribution in [0.5, 0.6) is 0 Å². The Kier molecular flexibility index (Phi) is 16.3. The highest BCUT2D eigenvalue weighted by molar-refractivity contribution is 7.81. The molecule has 3 atom stereocenters. The Balaban J connectivity index is 0.848. The molecule has 0 saturated carbocycles. The zero-order valence-corrected chi connectivity index (χ0v) is 42.4. The van der Waals surface area contributed by atoms with Crippen molar-refractivity contribution in [2.24, 2.45) is 5.41 Å². The van der Waals surface area contributed by atoms with Gasteiger partial charge in [0.1, 0.15) is 29.8 Å². The number of halogens is 4. The van der Waals surface area contributed by atoms with Crippen molar-refractivity contribution in [1.29, 1.82) is 5.26 Å². The number of likely N-dealkylation sites (tertiary alicyclic amines) is 1. The number of aliphatic hydroxyl groups excluding tert-OH is 1. The molecule has 0 radical (unpaired) electrons. The molecule has 382 valence electrons. The maximum Gasteiger partial charge on any atom is 0.420 e. The van der Waals surface area contributed by atoms with Gasteiger partial charge in [0, 0.05) is 39.2 Å². The predicted molar refractivity (Wildman–Crippen MR) is 268 cm³/mol. The summed E-state index contributed by atoms with van der Waals surface area (Å²) in [6.45, 7) is 12.9. The lowest BCUT2D eigenvalue weighted by molar-refractivity contribution is -0.144. The van der Waals surface area contributed by atoms with Gasteiger partial charge in [-0.2, -0.15) is 18.4 Å². The van der Waals surface area contributed by atoms with Gasteiger partial charge in [0.05, 0.1) is 57.1 Å². The van der Waals surface area contributed by atoms with Gasteiger partial charge in [0.2, 0.25) is 17.7 Å². The van der Waals surface area contributed by atoms with Crippen molar-refractivity contribution in [3.05, 3.63) is 100 Å². The lowest BCUT2D eigenvalue weighted by Crippen LogP contribution is -2.58. The molecule has 0 bridgehead atoms. The summed E-state index contributed by atoms with van der Waals surface area (Å²) in [7, 11) is 0. The largest absolute Gasteiger partial charge is 0.420 e. The Bertz CT molecular complexity index is 2770. The molecule has 0 aliphatic carbocycles. The van der Waals surface area contributed by atoms with Gasteiger partial charge in [-0.25, -0.2) is 9.37 Å². The van der Waals surface area contributed by atoms with Gasteiger partial charge in [-0.1, -0.05) is 51.1 Å². The van der Waals surface area contributed by atoms with Crippen LogP contribution < -0.4 is 20.4 Å². The van der Waals surface area contributed by atoms with Crippen LogP contribution in [0.15, 0.2) is 66.3 Å². The third-order valence-electron chi connectivity index (χ3n) is 13.0. The van der Waals surface area contributed by atoms with Gasteiger partial charge < -0.3 is 30.3 Å². The summed E-state index contributed by atoms with van der Waals surface area (Å²) < 4.78 is 62.5. The maximum absolute atomic E-state index is 15.4. The van der Waals surface area contributed by atoms with E-state index in [1.165, 1.54) is 35.9 Å². The minimum Gasteiger partial charge on any atom is -0.391 e. The molecule has 2 fully saturated rings. The molecule has 7 rings (SSSR count). The first-order valence-electron chi connectivity index (χ1n) is 23.5. The number of nitrogens with one attached hydrogen (secondary N) is 2. The number of carbonyl (C=O) groups excluding carboxylic acids is 4. The van der Waals surface area contributed by atoms with E-state index < -0.39 is 75.7 Å². The SMILES string of the molecule is Cc1ncsc1-c1ccc(CNC(=O)[C@@H]2C[C@@H](O)CN2C(=O)[C@@H](NC(=O)COCCCCN2CC=C(c3ccc(N4C(=S)N(c5ccc(C#N)c(C(F)(F)F)c5F)C(=O)C4(C)C)cn3)CC2)C(C)(C)C)cc1. The summed E-state index contributed by atoms with van der Waals surface area (Å²) in [4.78, 5) is 70.0. The quantitative estimate of drug-likeness (QED) is 0.0586. The number of hydrogen-bond acceptors (Lipinski definition) is 12. The number of unbranched alkanes of at least 4 members (excludes halogenated alkanes) is 1. The summed E-state index contributed by atoms with van der Waals surface area (Å²) in [5, 5.41) is 25.3. The number of aryl methyl sites for hydroxylation is 1. The molecule has 2 saturated heterocycles. The number of thiocarbonyl (C=S) groups is 1. The molecule has 2 aromatic carbocycles. The minimum absolute atomic E-state index is 0.0364. The molecule has 0 unspecified atom stereocenters. The number of hydrogen-bond donors (Lipinski definition) is 3. The van der Waals surface area contributed by atoms with E-state index in [0.717, 1.165) is 63.8 Å². The number of pyridine rings is 1. The van der Waals surface area contributed by atoms with E-state index in [2.05, 4.69) is 31.6 Å². The van der Waals surface area contributed by atoms with E-state index in [-0.39, 0.29) is 37.1 Å². The molecule has 3 N–H and O–H groups in total. The minimum atomic E-state index is -5.19. The van der Waals surface area contributed by atoms with E-state index in [1.807, 2.05) is 52.0 Å². The molecule has 5 heterocycles. The van der Waals surface area contributed by atoms with E-state index in [9.17, 15) is 42.7 Å². The molecule has 21 heteroatoms. The highest BCUT2D eigenvalue weighted by Gasteiger charge is 2.52. The molecule has 15 nitrogen and oxygen atoms in total. The lowest BCUT2D eigenvalue weighted by Gasteiger charge is -2.35. The van der Waals surface area contributed by atoms with Crippen LogP contribution in [0.2, 0.25) is 0 Å². The van der Waals surface area contributed by atoms with E-state index in [0.29, 0.717) is 37.4 Å². The molecular weight excluding hydrogens is 975 g/mol. The average molecular weight is 1030 g/mol. The number of nitriles is 1. The second-order valence-corrected chi connectivity index (χ2v) is 20.9. The summed E-state index contributed by atoms with van der Waals surface area (Å²) in [6.07, 6.45) is -0.253. The predicted octanol–water partition coefficient (Wildman–Crippen LogP) is 7.15. The first-order chi connectivity index (χ1) is 34.0. The average Bonchev–Trinajstić information content (AvgIpc) is 4.00. The van der Waals surface area contributed by atoms with E-state index in [4.69, 9.17) is 17.0 Å². The summed E-state index contributed by atoms with van der Waals surface area (Å²) >= 11 is 7.12. The van der Waals surface area contributed by atoms with Crippen LogP contribution in [0, 0.1) is 29.5 Å². The molecule has 0 spiro atoms. The first kappa shape index (κ1) is 53.6. The number of β-amino-alcohol motifs (C(OH)–C–C–N with tert-alkyl or cyclic N) is 1. The molecular formula is C51H57F4N9O6S2. The molecule has 2 aromatic heterocycles. The fourth-order valence-corrected chi connectivity index (χ4v) is 10.4. The fourth-order valence-electron chi connectivity index (χ4n) is 9.09. The zero-order chi connectivity index (χ0) is 52.3. The van der Waals surface area contributed by atoms with Crippen molar-refractivity contribution in [3.8, 4) is 16.5 Å². The molecule has 3 aliphatic rings. The summed E-state index contributed by atoms with van der Waals surface area (Å²) in [6, 6.07) is 12.5. The van der Waals surface area contributed by atoms with Crippen LogP contribution in [0.1, 0.15) is 88.4 Å². The fraction of sp³-hybridized carbons (Fsp3) is 0.451. The van der Waals surface area contributed by atoms with Crippen LogP contribution in [-0.2, 0) is 36.6 Å². The van der Waals surface area contributed by atoms with Crippen LogP contribution >= 0.6 is 23.6 Å². The second kappa shape index (κ2) is 21.9. The number of aromatic nitrogens is 2. The highest BCUT2D eigenvalue weighted by atomic mass is 32.1. The van der Waals surface area contributed by atoms with Crippen LogP contribution in [-0.4, -0.2) is 117 Å². The number of anilines is 2. The van der Waals surface area contributed by atoms with Gasteiger partial charge in [0.25, 0.3) is 5.91 Å². The van der Waals surface area contributed by atoms with Crippen molar-refractivity contribution in [1.82, 2.24) is 30.4 Å². The third-order valence-corrected chi connectivity index (χ3v) is 14.4. The normalized spacial score (nSPS) is 18.8. The zero-order valence-electron chi connectivity index (χ0n) is 40.8. The highest BCUT2D eigenvalue weighted by Crippen LogP contribution is 2.42. The Morgan fingerprint density at radius 1 is 1.07 bits per heavy atom. The van der Waals surface area contributed by atoms with E-state index in [1.54, 1.807) is 29.0 Å². The topological polar surface area (TPSA) is 184 Å². The Hall–Kier alpha value is -6.18. The number of thiazole rings is 1. The van der Waals surface area contributed by atoms with Crippen molar-refractivity contribution in [2.45, 2.75) is 104 Å². The van der Waals surface area contributed by atoms with Crippen molar-refractivity contribution in [2.75, 3.05) is 49.2 Å². The molecule has 4 aromatic rings. The van der Waals surface area contributed by atoms with Gasteiger partial charge >= 0.3 is 6.18 Å². The van der Waals surface area contributed by atoms with Crippen LogP contribution in [0.3, 0.4) is 0 Å². The number of alkyl halides is 3. The molecule has 3 aliphatic heterocycles. The Labute approximate surface area is 424 Å². The summed E-state index contributed by atoms with van der Waals surface area (Å²) in [5.74, 6) is -3.84. The molecule has 4 amide bonds. The van der Waals surface area contributed by atoms with Crippen molar-refractivity contribution < 1.29 is 46.6 Å². The number of benzene rings is 2. The van der Waals surface area contributed by atoms with Gasteiger partial charge in [0.15, 0.2) is 10.9 Å².